The molecule has 1 aliphatic rings. The standard InChI is InChI=1S/C18H22O2S/c19-14(11-13-5-1-2-6-13)12-21-18-10-9-17(20)15-7-3-4-8-16(15)18/h3-4,7-10,13-14,19-20H,1-2,5-6,11-12H2. The van der Waals surface area contributed by atoms with Gasteiger partial charge in [0.05, 0.1) is 6.10 Å². The molecule has 0 aromatic heterocycles. The Kier molecular flexibility index (Phi) is 4.71. The van der Waals surface area contributed by atoms with Crippen molar-refractivity contribution in [1.82, 2.24) is 0 Å². The van der Waals surface area contributed by atoms with E-state index in [2.05, 4.69) is 0 Å². The van der Waals surface area contributed by atoms with Crippen LogP contribution in [-0.2, 0) is 0 Å². The Morgan fingerprint density at radius 2 is 1.76 bits per heavy atom. The third kappa shape index (κ3) is 3.53. The van der Waals surface area contributed by atoms with E-state index in [1.54, 1.807) is 17.8 Å². The molecule has 1 fully saturated rings. The fraction of sp³-hybridized carbons (Fsp3) is 0.444. The van der Waals surface area contributed by atoms with Crippen molar-refractivity contribution < 1.29 is 10.2 Å². The molecule has 0 spiro atoms. The van der Waals surface area contributed by atoms with Crippen LogP contribution in [0.4, 0.5) is 0 Å². The SMILES string of the molecule is Oc1ccc(SCC(O)CC2CCCC2)c2ccccc12. The van der Waals surface area contributed by atoms with Crippen LogP contribution in [0.1, 0.15) is 32.1 Å². The lowest BCUT2D eigenvalue weighted by Crippen LogP contribution is -2.14. The maximum absolute atomic E-state index is 10.2. The van der Waals surface area contributed by atoms with Crippen LogP contribution in [0, 0.1) is 5.92 Å². The third-order valence-corrected chi connectivity index (χ3v) is 5.59. The number of benzene rings is 2. The maximum atomic E-state index is 10.2. The van der Waals surface area contributed by atoms with Gasteiger partial charge in [-0.1, -0.05) is 49.9 Å². The van der Waals surface area contributed by atoms with Crippen LogP contribution in [0.15, 0.2) is 41.3 Å². The van der Waals surface area contributed by atoms with Crippen LogP contribution in [0.5, 0.6) is 5.75 Å². The Balaban J connectivity index is 1.66. The van der Waals surface area contributed by atoms with Gasteiger partial charge >= 0.3 is 0 Å². The summed E-state index contributed by atoms with van der Waals surface area (Å²) >= 11 is 1.69. The molecule has 1 atom stereocenters. The summed E-state index contributed by atoms with van der Waals surface area (Å²) in [6, 6.07) is 11.6. The lowest BCUT2D eigenvalue weighted by Gasteiger charge is -2.15. The summed E-state index contributed by atoms with van der Waals surface area (Å²) in [4.78, 5) is 1.13. The molecule has 3 heteroatoms. The van der Waals surface area contributed by atoms with Gasteiger partial charge in [0.15, 0.2) is 0 Å². The van der Waals surface area contributed by atoms with E-state index in [0.29, 0.717) is 5.75 Å². The summed E-state index contributed by atoms with van der Waals surface area (Å²) in [5.41, 5.74) is 0. The number of aliphatic hydroxyl groups excluding tert-OH is 1. The fourth-order valence-electron chi connectivity index (χ4n) is 3.27. The summed E-state index contributed by atoms with van der Waals surface area (Å²) in [5.74, 6) is 1.77. The average Bonchev–Trinajstić information content (AvgIpc) is 3.00. The van der Waals surface area contributed by atoms with Crippen molar-refractivity contribution in [3.63, 3.8) is 0 Å². The van der Waals surface area contributed by atoms with Crippen molar-refractivity contribution in [2.45, 2.75) is 43.1 Å². The summed E-state index contributed by atoms with van der Waals surface area (Å²) in [7, 11) is 0. The zero-order valence-corrected chi connectivity index (χ0v) is 13.0. The molecule has 3 rings (SSSR count). The van der Waals surface area contributed by atoms with E-state index in [9.17, 15) is 10.2 Å². The highest BCUT2D eigenvalue weighted by molar-refractivity contribution is 7.99. The zero-order chi connectivity index (χ0) is 14.7. The number of aromatic hydroxyl groups is 1. The van der Waals surface area contributed by atoms with Gasteiger partial charge in [-0.25, -0.2) is 0 Å². The minimum atomic E-state index is -0.231. The molecule has 2 aromatic rings. The highest BCUT2D eigenvalue weighted by atomic mass is 32.2. The molecule has 21 heavy (non-hydrogen) atoms. The van der Waals surface area contributed by atoms with E-state index >= 15 is 0 Å². The monoisotopic (exact) mass is 302 g/mol. The van der Waals surface area contributed by atoms with Gasteiger partial charge in [-0.3, -0.25) is 0 Å². The topological polar surface area (TPSA) is 40.5 Å². The number of phenols is 1. The molecule has 2 nitrogen and oxygen atoms in total. The van der Waals surface area contributed by atoms with Gasteiger partial charge < -0.3 is 10.2 Å². The number of aliphatic hydroxyl groups is 1. The highest BCUT2D eigenvalue weighted by Gasteiger charge is 2.19. The molecular formula is C18H22O2S. The first-order valence-corrected chi connectivity index (χ1v) is 8.74. The second-order valence-corrected chi connectivity index (χ2v) is 7.04. The predicted molar refractivity (Wildman–Crippen MR) is 88.9 cm³/mol. The second kappa shape index (κ2) is 6.71. The van der Waals surface area contributed by atoms with Gasteiger partial charge in [0.1, 0.15) is 5.75 Å². The highest BCUT2D eigenvalue weighted by Crippen LogP contribution is 2.35. The number of hydrogen-bond acceptors (Lipinski definition) is 3. The van der Waals surface area contributed by atoms with Crippen LogP contribution in [0.2, 0.25) is 0 Å². The average molecular weight is 302 g/mol. The summed E-state index contributed by atoms with van der Waals surface area (Å²) < 4.78 is 0. The van der Waals surface area contributed by atoms with Crippen LogP contribution in [0.25, 0.3) is 10.8 Å². The van der Waals surface area contributed by atoms with E-state index in [1.807, 2.05) is 30.3 Å². The Labute approximate surface area is 130 Å². The quantitative estimate of drug-likeness (QED) is 0.794. The van der Waals surface area contributed by atoms with Gasteiger partial charge in [-0.05, 0) is 29.9 Å². The zero-order valence-electron chi connectivity index (χ0n) is 12.2. The summed E-state index contributed by atoms with van der Waals surface area (Å²) in [5, 5.41) is 22.1. The number of fused-ring (bicyclic) bond motifs is 1. The Hall–Kier alpha value is -1.19. The molecule has 0 saturated heterocycles. The van der Waals surface area contributed by atoms with Crippen molar-refractivity contribution in [2.75, 3.05) is 5.75 Å². The van der Waals surface area contributed by atoms with E-state index in [1.165, 1.54) is 25.7 Å². The predicted octanol–water partition coefficient (Wildman–Crippen LogP) is 4.58. The second-order valence-electron chi connectivity index (χ2n) is 5.98. The lowest BCUT2D eigenvalue weighted by molar-refractivity contribution is 0.166. The number of rotatable bonds is 5. The van der Waals surface area contributed by atoms with E-state index in [-0.39, 0.29) is 6.10 Å². The number of thioether (sulfide) groups is 1. The molecular weight excluding hydrogens is 280 g/mol. The molecule has 112 valence electrons. The van der Waals surface area contributed by atoms with Gasteiger partial charge in [-0.2, -0.15) is 0 Å². The smallest absolute Gasteiger partial charge is 0.123 e. The lowest BCUT2D eigenvalue weighted by atomic mass is 10.0. The molecule has 1 saturated carbocycles. The molecule has 0 aliphatic heterocycles. The van der Waals surface area contributed by atoms with Crippen molar-refractivity contribution in [3.05, 3.63) is 36.4 Å². The number of hydrogen-bond donors (Lipinski definition) is 2. The molecule has 1 unspecified atom stereocenters. The molecule has 0 heterocycles. The minimum absolute atomic E-state index is 0.231. The van der Waals surface area contributed by atoms with Crippen molar-refractivity contribution in [2.24, 2.45) is 5.92 Å². The number of phenolic OH excluding ortho intramolecular Hbond substituents is 1. The van der Waals surface area contributed by atoms with Crippen LogP contribution < -0.4 is 0 Å². The molecule has 2 N–H and O–H groups in total. The minimum Gasteiger partial charge on any atom is -0.507 e. The first-order valence-electron chi connectivity index (χ1n) is 7.75. The van der Waals surface area contributed by atoms with Crippen LogP contribution in [0.3, 0.4) is 0 Å². The van der Waals surface area contributed by atoms with Crippen molar-refractivity contribution in [1.29, 1.82) is 0 Å². The Morgan fingerprint density at radius 3 is 2.52 bits per heavy atom. The molecule has 1 aliphatic carbocycles. The van der Waals surface area contributed by atoms with Crippen molar-refractivity contribution in [3.8, 4) is 5.75 Å². The van der Waals surface area contributed by atoms with Crippen molar-refractivity contribution >= 4 is 22.5 Å². The third-order valence-electron chi connectivity index (χ3n) is 4.37. The largest absolute Gasteiger partial charge is 0.507 e. The fourth-order valence-corrected chi connectivity index (χ4v) is 4.27. The van der Waals surface area contributed by atoms with Crippen LogP contribution in [-0.4, -0.2) is 22.1 Å². The normalized spacial score (nSPS) is 17.4. The summed E-state index contributed by atoms with van der Waals surface area (Å²) in [6.45, 7) is 0. The first kappa shape index (κ1) is 14.7. The summed E-state index contributed by atoms with van der Waals surface area (Å²) in [6.07, 6.45) is 5.92. The first-order chi connectivity index (χ1) is 10.2. The Morgan fingerprint density at radius 1 is 1.05 bits per heavy atom. The maximum Gasteiger partial charge on any atom is 0.123 e. The molecule has 0 amide bonds. The molecule has 0 radical (unpaired) electrons. The van der Waals surface area contributed by atoms with E-state index in [0.717, 1.165) is 33.8 Å². The van der Waals surface area contributed by atoms with Gasteiger partial charge in [0.25, 0.3) is 0 Å². The van der Waals surface area contributed by atoms with Gasteiger partial charge in [0.2, 0.25) is 0 Å². The van der Waals surface area contributed by atoms with Gasteiger partial charge in [-0.15, -0.1) is 11.8 Å². The molecule has 0 bridgehead atoms. The van der Waals surface area contributed by atoms with Crippen LogP contribution >= 0.6 is 11.8 Å². The molecule has 2 aromatic carbocycles. The Bertz CT molecular complexity index is 605. The van der Waals surface area contributed by atoms with E-state index in [4.69, 9.17) is 0 Å². The van der Waals surface area contributed by atoms with E-state index < -0.39 is 0 Å². The van der Waals surface area contributed by atoms with Gasteiger partial charge in [0, 0.05) is 16.0 Å².